The molecule has 0 spiro atoms. The minimum atomic E-state index is -0.397. The van der Waals surface area contributed by atoms with Crippen LogP contribution in [-0.2, 0) is 24.4 Å². The van der Waals surface area contributed by atoms with Crippen LogP contribution >= 0.6 is 11.6 Å². The number of benzene rings is 2. The molecule has 1 fully saturated rings. The number of aldehydes is 1. The molecule has 200 valence electrons. The largest absolute Gasteiger partial charge is 0.473 e. The zero-order valence-corrected chi connectivity index (χ0v) is 22.1. The van der Waals surface area contributed by atoms with Gasteiger partial charge in [-0.3, -0.25) is 9.69 Å². The van der Waals surface area contributed by atoms with E-state index in [2.05, 4.69) is 20.5 Å². The SMILES string of the molecule is O=Cc1ccc2c(c1)nc(CN1CC=C(c3cccc(OCc4ccc(Cl)cc4F)n3)CC1)n2C[C@@H]1CCO1. The fourth-order valence-corrected chi connectivity index (χ4v) is 5.14. The Hall–Kier alpha value is -3.59. The van der Waals surface area contributed by atoms with Gasteiger partial charge in [0.15, 0.2) is 0 Å². The summed E-state index contributed by atoms with van der Waals surface area (Å²) in [4.78, 5) is 23.2. The van der Waals surface area contributed by atoms with E-state index in [0.717, 1.165) is 73.5 Å². The number of carbonyl (C=O) groups is 1. The summed E-state index contributed by atoms with van der Waals surface area (Å²) in [6.45, 7) is 3.97. The summed E-state index contributed by atoms with van der Waals surface area (Å²) in [6.07, 6.45) is 5.14. The van der Waals surface area contributed by atoms with Gasteiger partial charge in [-0.15, -0.1) is 0 Å². The third kappa shape index (κ3) is 5.73. The van der Waals surface area contributed by atoms with Gasteiger partial charge in [-0.1, -0.05) is 29.8 Å². The topological polar surface area (TPSA) is 69.5 Å². The molecule has 0 amide bonds. The molecule has 0 N–H and O–H groups in total. The normalized spacial score (nSPS) is 17.6. The van der Waals surface area contributed by atoms with Crippen LogP contribution in [0.1, 0.15) is 40.3 Å². The van der Waals surface area contributed by atoms with Crippen LogP contribution in [0, 0.1) is 5.82 Å². The molecule has 0 saturated carbocycles. The molecule has 2 aromatic carbocycles. The zero-order chi connectivity index (χ0) is 26.8. The van der Waals surface area contributed by atoms with E-state index >= 15 is 0 Å². The van der Waals surface area contributed by atoms with Crippen LogP contribution in [-0.4, -0.2) is 51.5 Å². The molecule has 2 aromatic heterocycles. The van der Waals surface area contributed by atoms with Crippen LogP contribution in [0.15, 0.2) is 60.7 Å². The van der Waals surface area contributed by atoms with E-state index in [1.54, 1.807) is 18.2 Å². The predicted octanol–water partition coefficient (Wildman–Crippen LogP) is 5.69. The van der Waals surface area contributed by atoms with Crippen LogP contribution in [0.4, 0.5) is 4.39 Å². The summed E-state index contributed by atoms with van der Waals surface area (Å²) in [6, 6.07) is 15.9. The first-order valence-corrected chi connectivity index (χ1v) is 13.4. The number of carbonyl (C=O) groups excluding carboxylic acids is 1. The number of ether oxygens (including phenoxy) is 2. The maximum atomic E-state index is 14.1. The van der Waals surface area contributed by atoms with Gasteiger partial charge >= 0.3 is 0 Å². The lowest BCUT2D eigenvalue weighted by molar-refractivity contribution is -0.0591. The Labute approximate surface area is 230 Å². The number of hydrogen-bond donors (Lipinski definition) is 0. The summed E-state index contributed by atoms with van der Waals surface area (Å²) in [5, 5.41) is 0.353. The number of fused-ring (bicyclic) bond motifs is 1. The quantitative estimate of drug-likeness (QED) is 0.251. The molecule has 4 heterocycles. The standard InChI is InChI=1S/C30H28ClFN4O3/c31-23-6-5-22(25(32)15-23)19-39-30-3-1-2-26(34-30)21-8-11-35(12-9-21)17-29-33-27-14-20(18-37)4-7-28(27)36(29)16-24-10-13-38-24/h1-8,14-15,18,24H,9-13,16-17,19H2/t24-/m0/s1. The first kappa shape index (κ1) is 25.7. The lowest BCUT2D eigenvalue weighted by atomic mass is 10.0. The molecule has 1 atom stereocenters. The number of imidazole rings is 1. The third-order valence-electron chi connectivity index (χ3n) is 7.27. The maximum Gasteiger partial charge on any atom is 0.214 e. The first-order valence-electron chi connectivity index (χ1n) is 13.1. The highest BCUT2D eigenvalue weighted by Crippen LogP contribution is 2.26. The predicted molar refractivity (Wildman–Crippen MR) is 147 cm³/mol. The van der Waals surface area contributed by atoms with E-state index in [0.29, 0.717) is 28.6 Å². The Morgan fingerprint density at radius 1 is 1.15 bits per heavy atom. The van der Waals surface area contributed by atoms with Crippen molar-refractivity contribution in [1.29, 1.82) is 0 Å². The van der Waals surface area contributed by atoms with E-state index in [4.69, 9.17) is 26.1 Å². The molecule has 0 aliphatic carbocycles. The summed E-state index contributed by atoms with van der Waals surface area (Å²) in [7, 11) is 0. The lowest BCUT2D eigenvalue weighted by Crippen LogP contribution is -2.33. The van der Waals surface area contributed by atoms with Gasteiger partial charge in [0.05, 0.1) is 35.9 Å². The summed E-state index contributed by atoms with van der Waals surface area (Å²) in [5.74, 6) is 1.03. The van der Waals surface area contributed by atoms with E-state index in [1.807, 2.05) is 30.3 Å². The van der Waals surface area contributed by atoms with E-state index < -0.39 is 5.82 Å². The Kier molecular flexibility index (Phi) is 7.41. The second kappa shape index (κ2) is 11.3. The smallest absolute Gasteiger partial charge is 0.214 e. The summed E-state index contributed by atoms with van der Waals surface area (Å²) >= 11 is 5.84. The van der Waals surface area contributed by atoms with Crippen molar-refractivity contribution in [3.05, 3.63) is 94.2 Å². The number of nitrogens with zero attached hydrogens (tertiary/aromatic N) is 4. The van der Waals surface area contributed by atoms with Crippen LogP contribution in [0.3, 0.4) is 0 Å². The number of hydrogen-bond acceptors (Lipinski definition) is 6. The van der Waals surface area contributed by atoms with Crippen molar-refractivity contribution in [2.45, 2.75) is 38.6 Å². The monoisotopic (exact) mass is 546 g/mol. The van der Waals surface area contributed by atoms with Crippen molar-refractivity contribution in [1.82, 2.24) is 19.4 Å². The zero-order valence-electron chi connectivity index (χ0n) is 21.4. The van der Waals surface area contributed by atoms with Crippen molar-refractivity contribution < 1.29 is 18.7 Å². The van der Waals surface area contributed by atoms with Gasteiger partial charge in [-0.25, -0.2) is 14.4 Å². The maximum absolute atomic E-state index is 14.1. The summed E-state index contributed by atoms with van der Waals surface area (Å²) in [5.41, 5.74) is 4.93. The Balaban J connectivity index is 1.14. The van der Waals surface area contributed by atoms with Gasteiger partial charge in [0.2, 0.25) is 5.88 Å². The average molecular weight is 547 g/mol. The molecular weight excluding hydrogens is 519 g/mol. The molecule has 7 nitrogen and oxygen atoms in total. The van der Waals surface area contributed by atoms with Gasteiger partial charge in [0.1, 0.15) is 24.5 Å². The minimum Gasteiger partial charge on any atom is -0.473 e. The fraction of sp³-hybridized carbons (Fsp3) is 0.300. The molecule has 0 unspecified atom stereocenters. The van der Waals surface area contributed by atoms with Gasteiger partial charge in [0, 0.05) is 41.9 Å². The molecule has 2 aliphatic heterocycles. The minimum absolute atomic E-state index is 0.0769. The van der Waals surface area contributed by atoms with Crippen molar-refractivity contribution in [2.24, 2.45) is 0 Å². The molecule has 4 aromatic rings. The second-order valence-electron chi connectivity index (χ2n) is 9.89. The Morgan fingerprint density at radius 2 is 2.05 bits per heavy atom. The van der Waals surface area contributed by atoms with E-state index in [9.17, 15) is 9.18 Å². The highest BCUT2D eigenvalue weighted by Gasteiger charge is 2.23. The first-order chi connectivity index (χ1) is 19.1. The molecule has 9 heteroatoms. The Bertz CT molecular complexity index is 1550. The molecule has 6 rings (SSSR count). The molecule has 0 bridgehead atoms. The van der Waals surface area contributed by atoms with Crippen LogP contribution in [0.5, 0.6) is 5.88 Å². The number of aromatic nitrogens is 3. The molecule has 2 aliphatic rings. The van der Waals surface area contributed by atoms with E-state index in [-0.39, 0.29) is 12.7 Å². The third-order valence-corrected chi connectivity index (χ3v) is 7.50. The van der Waals surface area contributed by atoms with Crippen molar-refractivity contribution in [3.63, 3.8) is 0 Å². The lowest BCUT2D eigenvalue weighted by Gasteiger charge is -2.29. The van der Waals surface area contributed by atoms with Gasteiger partial charge < -0.3 is 14.0 Å². The van der Waals surface area contributed by atoms with Gasteiger partial charge in [-0.05, 0) is 54.8 Å². The van der Waals surface area contributed by atoms with Crippen LogP contribution in [0.2, 0.25) is 5.02 Å². The summed E-state index contributed by atoms with van der Waals surface area (Å²) < 4.78 is 27.8. The molecule has 1 saturated heterocycles. The Morgan fingerprint density at radius 3 is 2.79 bits per heavy atom. The number of pyridine rings is 1. The molecule has 0 radical (unpaired) electrons. The highest BCUT2D eigenvalue weighted by atomic mass is 35.5. The second-order valence-corrected chi connectivity index (χ2v) is 10.3. The van der Waals surface area contributed by atoms with E-state index in [1.165, 1.54) is 6.07 Å². The van der Waals surface area contributed by atoms with Crippen molar-refractivity contribution in [2.75, 3.05) is 19.7 Å². The van der Waals surface area contributed by atoms with Crippen LogP contribution < -0.4 is 4.74 Å². The van der Waals surface area contributed by atoms with Crippen molar-refractivity contribution >= 4 is 34.5 Å². The highest BCUT2D eigenvalue weighted by molar-refractivity contribution is 6.30. The van der Waals surface area contributed by atoms with Gasteiger partial charge in [-0.2, -0.15) is 0 Å². The molecule has 39 heavy (non-hydrogen) atoms. The van der Waals surface area contributed by atoms with Crippen molar-refractivity contribution in [3.8, 4) is 5.88 Å². The average Bonchev–Trinajstić information content (AvgIpc) is 3.26. The fourth-order valence-electron chi connectivity index (χ4n) is 4.98. The number of rotatable bonds is 9. The number of halogens is 2. The molecular formula is C30H28ClFN4O3. The van der Waals surface area contributed by atoms with Gasteiger partial charge in [0.25, 0.3) is 0 Å². The van der Waals surface area contributed by atoms with Crippen LogP contribution in [0.25, 0.3) is 16.6 Å².